The van der Waals surface area contributed by atoms with E-state index < -0.39 is 11.8 Å². The van der Waals surface area contributed by atoms with Gasteiger partial charge in [-0.25, -0.2) is 5.43 Å². The Morgan fingerprint density at radius 1 is 1.03 bits per heavy atom. The lowest BCUT2D eigenvalue weighted by Gasteiger charge is -2.13. The molecule has 0 heterocycles. The fourth-order valence-corrected chi connectivity index (χ4v) is 2.78. The summed E-state index contributed by atoms with van der Waals surface area (Å²) in [5, 5.41) is 7.34. The second-order valence-corrected chi connectivity index (χ2v) is 6.96. The van der Waals surface area contributed by atoms with Crippen LogP contribution in [0.1, 0.15) is 31.4 Å². The minimum absolute atomic E-state index is 0.243. The van der Waals surface area contributed by atoms with E-state index in [1.54, 1.807) is 36.4 Å². The molecule has 2 N–H and O–H groups in total. The maximum Gasteiger partial charge on any atom is 0.329 e. The second kappa shape index (κ2) is 12.0. The minimum atomic E-state index is -0.829. The van der Waals surface area contributed by atoms with Gasteiger partial charge in [0.2, 0.25) is 0 Å². The highest BCUT2D eigenvalue weighted by Crippen LogP contribution is 2.30. The Hall–Kier alpha value is -2.77. The van der Waals surface area contributed by atoms with Gasteiger partial charge in [0.15, 0.2) is 11.5 Å². The molecule has 2 amide bonds. The molecular weight excluding hydrogens is 429 g/mol. The van der Waals surface area contributed by atoms with Crippen LogP contribution in [0.4, 0.5) is 0 Å². The lowest BCUT2D eigenvalue weighted by Crippen LogP contribution is -2.38. The Balaban J connectivity index is 2.03. The third-order valence-electron chi connectivity index (χ3n) is 3.79. The lowest BCUT2D eigenvalue weighted by atomic mass is 10.2. The molecule has 2 rings (SSSR count). The summed E-state index contributed by atoms with van der Waals surface area (Å²) in [6.07, 6.45) is 2.15. The van der Waals surface area contributed by atoms with Crippen LogP contribution < -0.4 is 20.2 Å². The maximum atomic E-state index is 11.6. The number of hydrogen-bond acceptors (Lipinski definition) is 5. The van der Waals surface area contributed by atoms with E-state index in [4.69, 9.17) is 32.7 Å². The summed E-state index contributed by atoms with van der Waals surface area (Å²) < 4.78 is 11.5. The average molecular weight is 452 g/mol. The molecule has 2 aromatic rings. The number of hydrogen-bond donors (Lipinski definition) is 2. The summed E-state index contributed by atoms with van der Waals surface area (Å²) in [5.74, 6) is -0.514. The summed E-state index contributed by atoms with van der Waals surface area (Å²) in [4.78, 5) is 23.1. The van der Waals surface area contributed by atoms with Crippen LogP contribution in [0.15, 0.2) is 41.5 Å². The summed E-state index contributed by atoms with van der Waals surface area (Å²) in [5.41, 5.74) is 3.63. The fraction of sp³-hybridized carbons (Fsp3) is 0.286. The number of rotatable bonds is 9. The number of hydrazone groups is 1. The molecule has 0 saturated heterocycles. The highest BCUT2D eigenvalue weighted by atomic mass is 35.5. The average Bonchev–Trinajstić information content (AvgIpc) is 2.72. The van der Waals surface area contributed by atoms with Crippen molar-refractivity contribution in [2.24, 2.45) is 5.10 Å². The number of amides is 2. The summed E-state index contributed by atoms with van der Waals surface area (Å²) >= 11 is 12.1. The monoisotopic (exact) mass is 451 g/mol. The van der Waals surface area contributed by atoms with Crippen molar-refractivity contribution >= 4 is 41.2 Å². The van der Waals surface area contributed by atoms with Gasteiger partial charge < -0.3 is 14.8 Å². The van der Waals surface area contributed by atoms with E-state index in [1.165, 1.54) is 6.21 Å². The fourth-order valence-electron chi connectivity index (χ4n) is 2.32. The van der Waals surface area contributed by atoms with Crippen LogP contribution in [0.2, 0.25) is 10.0 Å². The Kier molecular flexibility index (Phi) is 9.44. The topological polar surface area (TPSA) is 89.0 Å². The van der Waals surface area contributed by atoms with E-state index in [9.17, 15) is 9.59 Å². The zero-order valence-electron chi connectivity index (χ0n) is 16.7. The van der Waals surface area contributed by atoms with Gasteiger partial charge in [0.05, 0.1) is 12.8 Å². The Labute approximate surface area is 185 Å². The molecule has 0 unspecified atom stereocenters. The molecule has 0 atom stereocenters. The molecule has 0 fully saturated rings. The van der Waals surface area contributed by atoms with Crippen LogP contribution in [0.25, 0.3) is 0 Å². The predicted molar refractivity (Wildman–Crippen MR) is 117 cm³/mol. The second-order valence-electron chi connectivity index (χ2n) is 6.12. The van der Waals surface area contributed by atoms with E-state index in [0.29, 0.717) is 40.3 Å². The van der Waals surface area contributed by atoms with Crippen LogP contribution in [0, 0.1) is 0 Å². The van der Waals surface area contributed by atoms with Gasteiger partial charge in [0.25, 0.3) is 0 Å². The number of nitrogens with one attached hydrogen (secondary N) is 2. The van der Waals surface area contributed by atoms with Crippen molar-refractivity contribution in [1.82, 2.24) is 10.7 Å². The Morgan fingerprint density at radius 3 is 2.53 bits per heavy atom. The van der Waals surface area contributed by atoms with Crippen molar-refractivity contribution in [3.63, 3.8) is 0 Å². The molecule has 0 aromatic heterocycles. The molecular formula is C21H23Cl2N3O4. The van der Waals surface area contributed by atoms with E-state index in [-0.39, 0.29) is 6.61 Å². The summed E-state index contributed by atoms with van der Waals surface area (Å²) in [6, 6.07) is 10.4. The third-order valence-corrected chi connectivity index (χ3v) is 4.37. The molecule has 9 heteroatoms. The van der Waals surface area contributed by atoms with E-state index in [2.05, 4.69) is 15.8 Å². The number of halogens is 2. The number of carbonyl (C=O) groups excluding carboxylic acids is 2. The minimum Gasteiger partial charge on any atom is -0.490 e. The first-order valence-electron chi connectivity index (χ1n) is 9.39. The molecule has 0 aliphatic heterocycles. The zero-order valence-corrected chi connectivity index (χ0v) is 18.2. The molecule has 2 aromatic carbocycles. The Bertz CT molecular complexity index is 919. The first-order valence-corrected chi connectivity index (χ1v) is 10.1. The van der Waals surface area contributed by atoms with Gasteiger partial charge in [-0.2, -0.15) is 5.10 Å². The van der Waals surface area contributed by atoms with Gasteiger partial charge in [-0.15, -0.1) is 0 Å². The zero-order chi connectivity index (χ0) is 21.9. The molecule has 30 heavy (non-hydrogen) atoms. The van der Waals surface area contributed by atoms with E-state index in [0.717, 1.165) is 12.0 Å². The van der Waals surface area contributed by atoms with Crippen LogP contribution in [-0.2, 0) is 16.2 Å². The summed E-state index contributed by atoms with van der Waals surface area (Å²) in [7, 11) is 0. The first kappa shape index (κ1) is 23.5. The highest BCUT2D eigenvalue weighted by molar-refractivity contribution is 6.35. The van der Waals surface area contributed by atoms with E-state index in [1.807, 2.05) is 13.8 Å². The van der Waals surface area contributed by atoms with Gasteiger partial charge in [0, 0.05) is 22.2 Å². The maximum absolute atomic E-state index is 11.6. The van der Waals surface area contributed by atoms with Gasteiger partial charge >= 0.3 is 11.8 Å². The quantitative estimate of drug-likeness (QED) is 0.343. The lowest BCUT2D eigenvalue weighted by molar-refractivity contribution is -0.139. The van der Waals surface area contributed by atoms with Crippen molar-refractivity contribution in [2.45, 2.75) is 26.9 Å². The molecule has 0 saturated carbocycles. The van der Waals surface area contributed by atoms with Gasteiger partial charge in [-0.3, -0.25) is 9.59 Å². The largest absolute Gasteiger partial charge is 0.490 e. The molecule has 0 bridgehead atoms. The van der Waals surface area contributed by atoms with Crippen molar-refractivity contribution in [2.75, 3.05) is 13.2 Å². The number of benzene rings is 2. The number of ether oxygens (including phenoxy) is 2. The van der Waals surface area contributed by atoms with Crippen molar-refractivity contribution in [3.8, 4) is 11.5 Å². The van der Waals surface area contributed by atoms with Gasteiger partial charge in [0.1, 0.15) is 6.61 Å². The molecule has 0 aliphatic carbocycles. The third kappa shape index (κ3) is 7.24. The first-order chi connectivity index (χ1) is 14.4. The highest BCUT2D eigenvalue weighted by Gasteiger charge is 2.11. The van der Waals surface area contributed by atoms with Crippen molar-refractivity contribution in [3.05, 3.63) is 57.6 Å². The standard InChI is InChI=1S/C21H23Cl2N3O4/c1-3-9-24-20(27)21(28)26-25-12-14-5-8-18(19(10-14)29-4-2)30-13-15-6-7-16(22)11-17(15)23/h5-8,10-12H,3-4,9,13H2,1-2H3,(H,24,27)(H,26,28)/b25-12-. The SMILES string of the molecule is CCCNC(=O)C(=O)N/N=C\c1ccc(OCc2ccc(Cl)cc2Cl)c(OCC)c1. The summed E-state index contributed by atoms with van der Waals surface area (Å²) in [6.45, 7) is 4.86. The molecule has 7 nitrogen and oxygen atoms in total. The molecule has 160 valence electrons. The van der Waals surface area contributed by atoms with Gasteiger partial charge in [-0.05, 0) is 49.2 Å². The number of carbonyl (C=O) groups is 2. The smallest absolute Gasteiger partial charge is 0.329 e. The van der Waals surface area contributed by atoms with Crippen molar-refractivity contribution < 1.29 is 19.1 Å². The normalized spacial score (nSPS) is 10.7. The van der Waals surface area contributed by atoms with Crippen molar-refractivity contribution in [1.29, 1.82) is 0 Å². The Morgan fingerprint density at radius 2 is 1.83 bits per heavy atom. The van der Waals surface area contributed by atoms with Crippen LogP contribution >= 0.6 is 23.2 Å². The molecule has 0 aliphatic rings. The van der Waals surface area contributed by atoms with E-state index >= 15 is 0 Å². The van der Waals surface area contributed by atoms with Crippen LogP contribution in [0.3, 0.4) is 0 Å². The predicted octanol–water partition coefficient (Wildman–Crippen LogP) is 3.95. The van der Waals surface area contributed by atoms with Crippen LogP contribution in [0.5, 0.6) is 11.5 Å². The van der Waals surface area contributed by atoms with Crippen LogP contribution in [-0.4, -0.2) is 31.2 Å². The number of nitrogens with zero attached hydrogens (tertiary/aromatic N) is 1. The van der Waals surface area contributed by atoms with Gasteiger partial charge in [-0.1, -0.05) is 36.2 Å². The molecule has 0 radical (unpaired) electrons. The molecule has 0 spiro atoms.